The van der Waals surface area contributed by atoms with Crippen LogP contribution in [0.3, 0.4) is 0 Å². The smallest absolute Gasteiger partial charge is 0.305 e. The summed E-state index contributed by atoms with van der Waals surface area (Å²) in [4.78, 5) is 24.7. The molecular formula is C14H21NO3S. The Bertz CT molecular complexity index is 465. The third-order valence-electron chi connectivity index (χ3n) is 3.14. The minimum atomic E-state index is -0.893. The summed E-state index contributed by atoms with van der Waals surface area (Å²) in [6, 6.07) is 1.56. The molecule has 1 amide bonds. The van der Waals surface area contributed by atoms with Gasteiger partial charge in [0.2, 0.25) is 0 Å². The van der Waals surface area contributed by atoms with E-state index < -0.39 is 5.97 Å². The Labute approximate surface area is 117 Å². The lowest BCUT2D eigenvalue weighted by Gasteiger charge is -2.20. The Morgan fingerprint density at radius 1 is 1.42 bits per heavy atom. The first-order valence-electron chi connectivity index (χ1n) is 6.47. The molecular weight excluding hydrogens is 262 g/mol. The highest BCUT2D eigenvalue weighted by molar-refractivity contribution is 7.14. The van der Waals surface area contributed by atoms with Crippen LogP contribution in [0.25, 0.3) is 0 Å². The second kappa shape index (κ2) is 6.70. The van der Waals surface area contributed by atoms with E-state index in [9.17, 15) is 9.59 Å². The van der Waals surface area contributed by atoms with Crippen LogP contribution in [0.15, 0.2) is 6.07 Å². The second-order valence-electron chi connectivity index (χ2n) is 4.97. The number of carbonyl (C=O) groups excluding carboxylic acids is 1. The largest absolute Gasteiger partial charge is 0.481 e. The Morgan fingerprint density at radius 2 is 2.05 bits per heavy atom. The molecule has 19 heavy (non-hydrogen) atoms. The average Bonchev–Trinajstić information content (AvgIpc) is 2.69. The van der Waals surface area contributed by atoms with Crippen molar-refractivity contribution in [2.75, 3.05) is 0 Å². The molecule has 1 aromatic rings. The van der Waals surface area contributed by atoms with Crippen molar-refractivity contribution in [3.8, 4) is 0 Å². The van der Waals surface area contributed by atoms with Gasteiger partial charge in [-0.25, -0.2) is 0 Å². The fourth-order valence-electron chi connectivity index (χ4n) is 1.86. The lowest BCUT2D eigenvalue weighted by atomic mass is 10.0. The first-order chi connectivity index (χ1) is 8.85. The van der Waals surface area contributed by atoms with Crippen LogP contribution in [-0.4, -0.2) is 23.0 Å². The summed E-state index contributed by atoms with van der Waals surface area (Å²) < 4.78 is 0. The number of hydrogen-bond acceptors (Lipinski definition) is 3. The molecule has 4 nitrogen and oxygen atoms in total. The van der Waals surface area contributed by atoms with Gasteiger partial charge in [-0.15, -0.1) is 11.3 Å². The molecule has 0 bridgehead atoms. The minimum Gasteiger partial charge on any atom is -0.481 e. The highest BCUT2D eigenvalue weighted by Gasteiger charge is 2.21. The lowest BCUT2D eigenvalue weighted by Crippen LogP contribution is -2.39. The van der Waals surface area contributed by atoms with E-state index >= 15 is 0 Å². The Morgan fingerprint density at radius 3 is 2.47 bits per heavy atom. The number of hydrogen-bond donors (Lipinski definition) is 2. The number of carbonyl (C=O) groups is 2. The van der Waals surface area contributed by atoms with E-state index in [4.69, 9.17) is 5.11 Å². The zero-order valence-electron chi connectivity index (χ0n) is 11.8. The van der Waals surface area contributed by atoms with Crippen LogP contribution in [0.1, 0.15) is 47.3 Å². The molecule has 1 aromatic heterocycles. The van der Waals surface area contributed by atoms with E-state index in [2.05, 4.69) is 12.2 Å². The molecule has 0 aliphatic heterocycles. The Balaban J connectivity index is 2.78. The minimum absolute atomic E-state index is 0.0472. The van der Waals surface area contributed by atoms with Gasteiger partial charge >= 0.3 is 5.97 Å². The normalized spacial score (nSPS) is 12.5. The van der Waals surface area contributed by atoms with Crippen molar-refractivity contribution in [1.82, 2.24) is 5.32 Å². The van der Waals surface area contributed by atoms with Gasteiger partial charge in [0.15, 0.2) is 0 Å². The van der Waals surface area contributed by atoms with Crippen molar-refractivity contribution in [3.63, 3.8) is 0 Å². The SMILES string of the molecule is CCc1cc(C(=O)NC(CC(=O)O)C(C)C)sc1C. The highest BCUT2D eigenvalue weighted by atomic mass is 32.1. The molecule has 0 fully saturated rings. The lowest BCUT2D eigenvalue weighted by molar-refractivity contribution is -0.137. The van der Waals surface area contributed by atoms with Crippen LogP contribution in [0, 0.1) is 12.8 Å². The number of aryl methyl sites for hydroxylation is 2. The van der Waals surface area contributed by atoms with Crippen molar-refractivity contribution >= 4 is 23.2 Å². The molecule has 0 aliphatic rings. The maximum Gasteiger partial charge on any atom is 0.305 e. The molecule has 5 heteroatoms. The number of aliphatic carboxylic acids is 1. The van der Waals surface area contributed by atoms with Gasteiger partial charge in [-0.2, -0.15) is 0 Å². The molecule has 0 saturated heterocycles. The number of carboxylic acids is 1. The van der Waals surface area contributed by atoms with Crippen molar-refractivity contribution in [2.24, 2.45) is 5.92 Å². The first-order valence-corrected chi connectivity index (χ1v) is 7.28. The first kappa shape index (κ1) is 15.7. The fourth-order valence-corrected chi connectivity index (χ4v) is 2.88. The summed E-state index contributed by atoms with van der Waals surface area (Å²) in [5.41, 5.74) is 1.18. The van der Waals surface area contributed by atoms with E-state index in [0.717, 1.165) is 11.3 Å². The molecule has 1 unspecified atom stereocenters. The standard InChI is InChI=1S/C14H21NO3S/c1-5-10-6-12(19-9(10)4)14(18)15-11(8(2)3)7-13(16)17/h6,8,11H,5,7H2,1-4H3,(H,15,18)(H,16,17). The predicted octanol–water partition coefficient (Wildman–Crippen LogP) is 2.85. The van der Waals surface area contributed by atoms with Gasteiger partial charge in [-0.05, 0) is 30.9 Å². The Hall–Kier alpha value is -1.36. The topological polar surface area (TPSA) is 66.4 Å². The summed E-state index contributed by atoms with van der Waals surface area (Å²) in [5.74, 6) is -0.977. The van der Waals surface area contributed by atoms with E-state index in [1.54, 1.807) is 0 Å². The van der Waals surface area contributed by atoms with Crippen LogP contribution < -0.4 is 5.32 Å². The van der Waals surface area contributed by atoms with Crippen LogP contribution in [-0.2, 0) is 11.2 Å². The number of thiophene rings is 1. The van der Waals surface area contributed by atoms with Crippen LogP contribution in [0.4, 0.5) is 0 Å². The summed E-state index contributed by atoms with van der Waals surface area (Å²) >= 11 is 1.46. The maximum atomic E-state index is 12.1. The zero-order chi connectivity index (χ0) is 14.6. The van der Waals surface area contributed by atoms with Gasteiger partial charge in [0.25, 0.3) is 5.91 Å². The summed E-state index contributed by atoms with van der Waals surface area (Å²) in [5, 5.41) is 11.7. The summed E-state index contributed by atoms with van der Waals surface area (Å²) in [7, 11) is 0. The van der Waals surface area contributed by atoms with Gasteiger partial charge in [-0.3, -0.25) is 9.59 Å². The van der Waals surface area contributed by atoms with Gasteiger partial charge in [-0.1, -0.05) is 20.8 Å². The van der Waals surface area contributed by atoms with Gasteiger partial charge < -0.3 is 10.4 Å². The van der Waals surface area contributed by atoms with E-state index in [-0.39, 0.29) is 24.3 Å². The zero-order valence-corrected chi connectivity index (χ0v) is 12.6. The van der Waals surface area contributed by atoms with Crippen molar-refractivity contribution in [2.45, 2.75) is 46.6 Å². The second-order valence-corrected chi connectivity index (χ2v) is 6.22. The van der Waals surface area contributed by atoms with Gasteiger partial charge in [0.1, 0.15) is 0 Å². The maximum absolute atomic E-state index is 12.1. The molecule has 0 aromatic carbocycles. The Kier molecular flexibility index (Phi) is 5.54. The monoisotopic (exact) mass is 283 g/mol. The molecule has 2 N–H and O–H groups in total. The van der Waals surface area contributed by atoms with E-state index in [1.165, 1.54) is 16.9 Å². The number of carboxylic acid groups (broad SMARTS) is 1. The third kappa shape index (κ3) is 4.35. The van der Waals surface area contributed by atoms with Crippen LogP contribution >= 0.6 is 11.3 Å². The van der Waals surface area contributed by atoms with Crippen molar-refractivity contribution in [1.29, 1.82) is 0 Å². The fraction of sp³-hybridized carbons (Fsp3) is 0.571. The molecule has 0 spiro atoms. The average molecular weight is 283 g/mol. The number of amides is 1. The molecule has 1 atom stereocenters. The van der Waals surface area contributed by atoms with Crippen LogP contribution in [0.5, 0.6) is 0 Å². The van der Waals surface area contributed by atoms with E-state index in [1.807, 2.05) is 26.8 Å². The van der Waals surface area contributed by atoms with E-state index in [0.29, 0.717) is 4.88 Å². The molecule has 0 saturated carbocycles. The number of nitrogens with one attached hydrogen (secondary N) is 1. The molecule has 1 heterocycles. The van der Waals surface area contributed by atoms with Crippen molar-refractivity contribution in [3.05, 3.63) is 21.4 Å². The molecule has 106 valence electrons. The molecule has 1 rings (SSSR count). The summed E-state index contributed by atoms with van der Waals surface area (Å²) in [6.45, 7) is 7.87. The number of rotatable bonds is 6. The van der Waals surface area contributed by atoms with Gasteiger partial charge in [0.05, 0.1) is 11.3 Å². The van der Waals surface area contributed by atoms with Crippen molar-refractivity contribution < 1.29 is 14.7 Å². The third-order valence-corrected chi connectivity index (χ3v) is 4.23. The molecule has 0 aliphatic carbocycles. The molecule has 0 radical (unpaired) electrons. The highest BCUT2D eigenvalue weighted by Crippen LogP contribution is 2.22. The summed E-state index contributed by atoms with van der Waals surface area (Å²) in [6.07, 6.45) is 0.854. The quantitative estimate of drug-likeness (QED) is 0.843. The van der Waals surface area contributed by atoms with Crippen LogP contribution in [0.2, 0.25) is 0 Å². The predicted molar refractivity (Wildman–Crippen MR) is 76.8 cm³/mol. The van der Waals surface area contributed by atoms with Gasteiger partial charge in [0, 0.05) is 10.9 Å².